The SMILES string of the molecule is O=CCN1CC(=O)Nc2ccc(F)c(F)c21. The lowest BCUT2D eigenvalue weighted by Crippen LogP contribution is -2.40. The topological polar surface area (TPSA) is 49.4 Å². The molecule has 2 rings (SSSR count). The number of nitrogens with zero attached hydrogens (tertiary/aromatic N) is 1. The van der Waals surface area contributed by atoms with Crippen molar-refractivity contribution in [3.05, 3.63) is 23.8 Å². The molecule has 0 spiro atoms. The van der Waals surface area contributed by atoms with Crippen LogP contribution >= 0.6 is 0 Å². The highest BCUT2D eigenvalue weighted by atomic mass is 19.2. The summed E-state index contributed by atoms with van der Waals surface area (Å²) in [6.45, 7) is -0.313. The summed E-state index contributed by atoms with van der Waals surface area (Å²) in [7, 11) is 0. The summed E-state index contributed by atoms with van der Waals surface area (Å²) in [5.74, 6) is -2.43. The smallest absolute Gasteiger partial charge is 0.243 e. The summed E-state index contributed by atoms with van der Waals surface area (Å²) < 4.78 is 26.5. The number of aldehydes is 1. The lowest BCUT2D eigenvalue weighted by Gasteiger charge is -2.29. The van der Waals surface area contributed by atoms with Gasteiger partial charge in [-0.15, -0.1) is 0 Å². The third kappa shape index (κ3) is 1.62. The van der Waals surface area contributed by atoms with Gasteiger partial charge in [0.2, 0.25) is 5.91 Å². The van der Waals surface area contributed by atoms with E-state index in [1.54, 1.807) is 0 Å². The molecule has 84 valence electrons. The first-order valence-corrected chi connectivity index (χ1v) is 4.60. The van der Waals surface area contributed by atoms with Crippen molar-refractivity contribution < 1.29 is 18.4 Å². The number of carbonyl (C=O) groups excluding carboxylic acids is 2. The van der Waals surface area contributed by atoms with Crippen LogP contribution < -0.4 is 10.2 Å². The molecule has 4 nitrogen and oxygen atoms in total. The number of halogens is 2. The second kappa shape index (κ2) is 3.88. The van der Waals surface area contributed by atoms with E-state index < -0.39 is 11.6 Å². The molecule has 1 aromatic carbocycles. The Hall–Kier alpha value is -1.98. The highest BCUT2D eigenvalue weighted by Crippen LogP contribution is 2.33. The fraction of sp³-hybridized carbons (Fsp3) is 0.200. The summed E-state index contributed by atoms with van der Waals surface area (Å²) in [6, 6.07) is 2.20. The van der Waals surface area contributed by atoms with Gasteiger partial charge in [0.1, 0.15) is 12.0 Å². The number of benzene rings is 1. The Morgan fingerprint density at radius 1 is 1.44 bits per heavy atom. The minimum absolute atomic E-state index is 0.0771. The van der Waals surface area contributed by atoms with E-state index in [0.29, 0.717) is 6.29 Å². The predicted octanol–water partition coefficient (Wildman–Crippen LogP) is 0.922. The van der Waals surface area contributed by atoms with Crippen molar-refractivity contribution in [3.63, 3.8) is 0 Å². The van der Waals surface area contributed by atoms with Crippen LogP contribution in [0.4, 0.5) is 20.2 Å². The number of anilines is 2. The Bertz CT molecular complexity index is 462. The lowest BCUT2D eigenvalue weighted by atomic mass is 10.1. The van der Waals surface area contributed by atoms with Gasteiger partial charge in [0.05, 0.1) is 18.8 Å². The number of fused-ring (bicyclic) bond motifs is 1. The van der Waals surface area contributed by atoms with Crippen LogP contribution in [0.5, 0.6) is 0 Å². The Kier molecular flexibility index (Phi) is 2.55. The van der Waals surface area contributed by atoms with Gasteiger partial charge < -0.3 is 15.0 Å². The maximum Gasteiger partial charge on any atom is 0.243 e. The normalized spacial score (nSPS) is 14.4. The molecule has 0 unspecified atom stereocenters. The second-order valence-electron chi connectivity index (χ2n) is 3.35. The van der Waals surface area contributed by atoms with Gasteiger partial charge in [0.25, 0.3) is 0 Å². The number of amides is 1. The van der Waals surface area contributed by atoms with Crippen LogP contribution in [-0.2, 0) is 9.59 Å². The average Bonchev–Trinajstić information content (AvgIpc) is 2.23. The number of rotatable bonds is 2. The van der Waals surface area contributed by atoms with Crippen molar-refractivity contribution in [1.82, 2.24) is 0 Å². The first-order valence-electron chi connectivity index (χ1n) is 4.60. The van der Waals surface area contributed by atoms with E-state index in [-0.39, 0.29) is 30.4 Å². The first kappa shape index (κ1) is 10.5. The van der Waals surface area contributed by atoms with Crippen LogP contribution in [0.3, 0.4) is 0 Å². The minimum atomic E-state index is -1.06. The molecule has 0 aromatic heterocycles. The summed E-state index contributed by atoms with van der Waals surface area (Å²) in [6.07, 6.45) is 0.534. The molecule has 0 aliphatic carbocycles. The monoisotopic (exact) mass is 226 g/mol. The molecule has 0 bridgehead atoms. The number of hydrogen-bond donors (Lipinski definition) is 1. The van der Waals surface area contributed by atoms with E-state index in [1.165, 1.54) is 11.0 Å². The second-order valence-corrected chi connectivity index (χ2v) is 3.35. The van der Waals surface area contributed by atoms with Gasteiger partial charge in [-0.05, 0) is 12.1 Å². The molecule has 0 saturated carbocycles. The quantitative estimate of drug-likeness (QED) is 0.763. The van der Waals surface area contributed by atoms with Gasteiger partial charge in [-0.3, -0.25) is 4.79 Å². The van der Waals surface area contributed by atoms with E-state index in [2.05, 4.69) is 5.32 Å². The van der Waals surface area contributed by atoms with E-state index in [4.69, 9.17) is 0 Å². The number of nitrogens with one attached hydrogen (secondary N) is 1. The molecule has 0 atom stereocenters. The van der Waals surface area contributed by atoms with Gasteiger partial charge in [-0.1, -0.05) is 0 Å². The molecule has 1 aliphatic rings. The third-order valence-electron chi connectivity index (χ3n) is 2.29. The molecule has 16 heavy (non-hydrogen) atoms. The summed E-state index contributed by atoms with van der Waals surface area (Å²) in [5.41, 5.74) is 0.101. The molecule has 0 saturated heterocycles. The molecular formula is C10H8F2N2O2. The lowest BCUT2D eigenvalue weighted by molar-refractivity contribution is -0.115. The Labute approximate surface area is 89.8 Å². The fourth-order valence-corrected chi connectivity index (χ4v) is 1.64. The molecule has 1 aliphatic heterocycles. The van der Waals surface area contributed by atoms with Crippen molar-refractivity contribution >= 4 is 23.6 Å². The summed E-state index contributed by atoms with van der Waals surface area (Å²) in [4.78, 5) is 22.8. The van der Waals surface area contributed by atoms with Crippen LogP contribution in [0.25, 0.3) is 0 Å². The molecule has 0 radical (unpaired) electrons. The maximum absolute atomic E-state index is 13.5. The van der Waals surface area contributed by atoms with E-state index in [1.807, 2.05) is 0 Å². The standard InChI is InChI=1S/C10H8F2N2O2/c11-6-1-2-7-10(9(6)12)14(3-4-15)5-8(16)13-7/h1-2,4H,3,5H2,(H,13,16). The average molecular weight is 226 g/mol. The summed E-state index contributed by atoms with van der Waals surface area (Å²) >= 11 is 0. The van der Waals surface area contributed by atoms with Crippen LogP contribution in [0, 0.1) is 11.6 Å². The van der Waals surface area contributed by atoms with Crippen LogP contribution in [0.15, 0.2) is 12.1 Å². The third-order valence-corrected chi connectivity index (χ3v) is 2.29. The molecule has 1 N–H and O–H groups in total. The molecule has 1 aromatic rings. The zero-order chi connectivity index (χ0) is 11.7. The maximum atomic E-state index is 13.5. The van der Waals surface area contributed by atoms with Gasteiger partial charge in [0.15, 0.2) is 11.6 Å². The highest BCUT2D eigenvalue weighted by Gasteiger charge is 2.26. The van der Waals surface area contributed by atoms with Gasteiger partial charge in [-0.25, -0.2) is 8.78 Å². The molecule has 6 heteroatoms. The van der Waals surface area contributed by atoms with Gasteiger partial charge in [0, 0.05) is 0 Å². The zero-order valence-corrected chi connectivity index (χ0v) is 8.17. The predicted molar refractivity (Wildman–Crippen MR) is 53.3 cm³/mol. The highest BCUT2D eigenvalue weighted by molar-refractivity contribution is 6.01. The van der Waals surface area contributed by atoms with Gasteiger partial charge >= 0.3 is 0 Å². The summed E-state index contributed by atoms with van der Waals surface area (Å²) in [5, 5.41) is 2.41. The van der Waals surface area contributed by atoms with Crippen molar-refractivity contribution in [2.45, 2.75) is 0 Å². The number of hydrogen-bond acceptors (Lipinski definition) is 3. The Morgan fingerprint density at radius 2 is 2.19 bits per heavy atom. The molecule has 0 fully saturated rings. The van der Waals surface area contributed by atoms with Crippen molar-refractivity contribution in [1.29, 1.82) is 0 Å². The van der Waals surface area contributed by atoms with Crippen LogP contribution in [0.2, 0.25) is 0 Å². The first-order chi connectivity index (χ1) is 7.63. The largest absolute Gasteiger partial charge is 0.351 e. The van der Waals surface area contributed by atoms with Crippen LogP contribution in [-0.4, -0.2) is 25.3 Å². The van der Waals surface area contributed by atoms with E-state index in [9.17, 15) is 18.4 Å². The Balaban J connectivity index is 2.53. The van der Waals surface area contributed by atoms with Crippen molar-refractivity contribution in [2.75, 3.05) is 23.3 Å². The number of carbonyl (C=O) groups is 2. The van der Waals surface area contributed by atoms with Crippen molar-refractivity contribution in [3.8, 4) is 0 Å². The fourth-order valence-electron chi connectivity index (χ4n) is 1.64. The van der Waals surface area contributed by atoms with Gasteiger partial charge in [-0.2, -0.15) is 0 Å². The molecule has 1 amide bonds. The zero-order valence-electron chi connectivity index (χ0n) is 8.17. The van der Waals surface area contributed by atoms with Crippen molar-refractivity contribution in [2.24, 2.45) is 0 Å². The van der Waals surface area contributed by atoms with E-state index >= 15 is 0 Å². The Morgan fingerprint density at radius 3 is 2.88 bits per heavy atom. The van der Waals surface area contributed by atoms with E-state index in [0.717, 1.165) is 6.07 Å². The molecule has 1 heterocycles. The van der Waals surface area contributed by atoms with Crippen LogP contribution in [0.1, 0.15) is 0 Å². The molecular weight excluding hydrogens is 218 g/mol. The minimum Gasteiger partial charge on any atom is -0.351 e.